The van der Waals surface area contributed by atoms with E-state index in [1.54, 1.807) is 4.68 Å². The van der Waals surface area contributed by atoms with Gasteiger partial charge >= 0.3 is 0 Å². The van der Waals surface area contributed by atoms with E-state index in [0.717, 1.165) is 39.3 Å². The van der Waals surface area contributed by atoms with Gasteiger partial charge in [-0.25, -0.2) is 9.77 Å². The van der Waals surface area contributed by atoms with E-state index in [-0.39, 0.29) is 0 Å². The first-order valence-electron chi connectivity index (χ1n) is 9.18. The number of aromatic nitrogens is 3. The number of aromatic amines is 1. The van der Waals surface area contributed by atoms with Gasteiger partial charge in [-0.05, 0) is 59.2 Å². The van der Waals surface area contributed by atoms with Crippen molar-refractivity contribution >= 4 is 28.1 Å². The van der Waals surface area contributed by atoms with Crippen LogP contribution in [0.15, 0.2) is 46.9 Å². The first-order valence-corrected chi connectivity index (χ1v) is 10.4. The second-order valence-electron chi connectivity index (χ2n) is 6.08. The molecule has 3 aromatic rings. The van der Waals surface area contributed by atoms with Crippen LogP contribution < -0.4 is 14.9 Å². The second kappa shape index (κ2) is 9.75. The molecule has 0 aliphatic heterocycles. The highest BCUT2D eigenvalue weighted by molar-refractivity contribution is 9.10. The van der Waals surface area contributed by atoms with Gasteiger partial charge in [0.25, 0.3) is 0 Å². The van der Waals surface area contributed by atoms with Crippen LogP contribution in [0.4, 0.5) is 0 Å². The summed E-state index contributed by atoms with van der Waals surface area (Å²) in [6.45, 7) is 5.78. The molecular weight excluding hydrogens is 440 g/mol. The largest absolute Gasteiger partial charge is 0.490 e. The summed E-state index contributed by atoms with van der Waals surface area (Å²) in [7, 11) is 0. The van der Waals surface area contributed by atoms with E-state index in [4.69, 9.17) is 21.7 Å². The van der Waals surface area contributed by atoms with Gasteiger partial charge in [0.1, 0.15) is 0 Å². The first-order chi connectivity index (χ1) is 13.6. The van der Waals surface area contributed by atoms with Crippen molar-refractivity contribution in [3.63, 3.8) is 0 Å². The summed E-state index contributed by atoms with van der Waals surface area (Å²) in [5.74, 6) is 2.19. The van der Waals surface area contributed by atoms with E-state index in [2.05, 4.69) is 38.5 Å². The molecule has 28 heavy (non-hydrogen) atoms. The van der Waals surface area contributed by atoms with Gasteiger partial charge < -0.3 is 14.9 Å². The van der Waals surface area contributed by atoms with E-state index in [9.17, 15) is 0 Å². The Bertz CT molecular complexity index is 972. The van der Waals surface area contributed by atoms with Crippen molar-refractivity contribution in [3.05, 3.63) is 57.3 Å². The van der Waals surface area contributed by atoms with Gasteiger partial charge in [-0.15, -0.1) is 0 Å². The van der Waals surface area contributed by atoms with Crippen LogP contribution in [-0.2, 0) is 6.54 Å². The summed E-state index contributed by atoms with van der Waals surface area (Å²) in [6, 6.07) is 13.9. The van der Waals surface area contributed by atoms with Gasteiger partial charge in [0.05, 0.1) is 24.2 Å². The van der Waals surface area contributed by atoms with Crippen LogP contribution in [0, 0.1) is 4.77 Å². The third-order valence-corrected chi connectivity index (χ3v) is 4.83. The molecule has 0 bridgehead atoms. The number of H-pyrrole nitrogens is 1. The quantitative estimate of drug-likeness (QED) is 0.422. The lowest BCUT2D eigenvalue weighted by Crippen LogP contribution is -2.16. The van der Waals surface area contributed by atoms with Crippen molar-refractivity contribution in [3.8, 4) is 22.9 Å². The summed E-state index contributed by atoms with van der Waals surface area (Å²) in [5, 5.41) is 7.19. The van der Waals surface area contributed by atoms with Crippen LogP contribution in [0.2, 0.25) is 0 Å². The molecule has 0 aliphatic carbocycles. The minimum Gasteiger partial charge on any atom is -0.490 e. The average Bonchev–Trinajstić information content (AvgIpc) is 3.07. The Morgan fingerprint density at radius 2 is 1.96 bits per heavy atom. The second-order valence-corrected chi connectivity index (χ2v) is 7.32. The fraction of sp³-hybridized carbons (Fsp3) is 0.300. The molecular formula is C20H23BrN4O2S. The number of hydrogen-bond acceptors (Lipinski definition) is 5. The molecule has 0 radical (unpaired) electrons. The summed E-state index contributed by atoms with van der Waals surface area (Å²) >= 11 is 8.98. The number of ether oxygens (including phenoxy) is 2. The van der Waals surface area contributed by atoms with Crippen molar-refractivity contribution < 1.29 is 9.47 Å². The van der Waals surface area contributed by atoms with E-state index < -0.39 is 0 Å². The molecule has 0 unspecified atom stereocenters. The normalized spacial score (nSPS) is 10.7. The van der Waals surface area contributed by atoms with E-state index in [1.165, 1.54) is 0 Å². The first kappa shape index (κ1) is 20.4. The molecule has 2 N–H and O–H groups in total. The Labute approximate surface area is 178 Å². The third-order valence-electron chi connectivity index (χ3n) is 3.97. The zero-order valence-corrected chi connectivity index (χ0v) is 18.3. The molecule has 0 amide bonds. The number of nitrogens with one attached hydrogen (secondary N) is 2. The molecule has 3 rings (SSSR count). The lowest BCUT2D eigenvalue weighted by atomic mass is 10.2. The highest BCUT2D eigenvalue weighted by Crippen LogP contribution is 2.37. The monoisotopic (exact) mass is 462 g/mol. The van der Waals surface area contributed by atoms with Gasteiger partial charge in [0.2, 0.25) is 4.77 Å². The number of halogens is 1. The molecule has 0 aliphatic rings. The van der Waals surface area contributed by atoms with Gasteiger partial charge in [-0.1, -0.05) is 37.3 Å². The average molecular weight is 463 g/mol. The molecule has 8 heteroatoms. The maximum atomic E-state index is 5.84. The zero-order chi connectivity index (χ0) is 19.9. The summed E-state index contributed by atoms with van der Waals surface area (Å²) in [4.78, 5) is 0. The number of benzene rings is 2. The predicted octanol–water partition coefficient (Wildman–Crippen LogP) is 5.30. The smallest absolute Gasteiger partial charge is 0.214 e. The molecule has 0 spiro atoms. The van der Waals surface area contributed by atoms with Crippen LogP contribution in [0.1, 0.15) is 25.8 Å². The number of nitrogens with zero attached hydrogens (tertiary/aromatic N) is 2. The lowest BCUT2D eigenvalue weighted by molar-refractivity contribution is 0.275. The van der Waals surface area contributed by atoms with E-state index in [0.29, 0.717) is 24.5 Å². The van der Waals surface area contributed by atoms with Gasteiger partial charge in [0.15, 0.2) is 17.3 Å². The van der Waals surface area contributed by atoms with Gasteiger partial charge in [-0.2, -0.15) is 5.10 Å². The molecule has 148 valence electrons. The molecule has 1 aromatic heterocycles. The molecule has 0 fully saturated rings. The minimum absolute atomic E-state index is 0.505. The fourth-order valence-corrected chi connectivity index (χ4v) is 3.53. The van der Waals surface area contributed by atoms with Crippen molar-refractivity contribution in [2.45, 2.75) is 26.8 Å². The number of rotatable bonds is 9. The maximum Gasteiger partial charge on any atom is 0.214 e. The summed E-state index contributed by atoms with van der Waals surface area (Å²) in [5.41, 5.74) is 5.34. The van der Waals surface area contributed by atoms with Crippen LogP contribution >= 0.6 is 28.1 Å². The van der Waals surface area contributed by atoms with Crippen LogP contribution in [-0.4, -0.2) is 28.1 Å². The van der Waals surface area contributed by atoms with Crippen molar-refractivity contribution in [1.29, 1.82) is 0 Å². The third kappa shape index (κ3) is 4.74. The molecule has 0 saturated heterocycles. The zero-order valence-electron chi connectivity index (χ0n) is 15.9. The molecule has 6 nitrogen and oxygen atoms in total. The highest BCUT2D eigenvalue weighted by atomic mass is 79.9. The Morgan fingerprint density at radius 1 is 1.18 bits per heavy atom. The Morgan fingerprint density at radius 3 is 2.68 bits per heavy atom. The molecule has 0 saturated carbocycles. The Kier molecular flexibility index (Phi) is 7.11. The maximum absolute atomic E-state index is 5.84. The summed E-state index contributed by atoms with van der Waals surface area (Å²) < 4.78 is 14.8. The van der Waals surface area contributed by atoms with Crippen molar-refractivity contribution in [2.75, 3.05) is 18.6 Å². The fourth-order valence-electron chi connectivity index (χ4n) is 2.73. The molecule has 1 heterocycles. The highest BCUT2D eigenvalue weighted by Gasteiger charge is 2.13. The van der Waals surface area contributed by atoms with Crippen LogP contribution in [0.5, 0.6) is 11.5 Å². The van der Waals surface area contributed by atoms with Crippen molar-refractivity contribution in [1.82, 2.24) is 14.9 Å². The Balaban J connectivity index is 1.84. The molecule has 2 aromatic carbocycles. The standard InChI is InChI=1S/C20H23BrN4O2S/c1-3-10-27-18-16(21)11-14(12-17(18)26-4-2)13-22-25-19(23-24-20(25)28)15-8-6-5-7-9-15/h5-9,11-12,22H,3-4,10,13H2,1-2H3,(H,24,28). The minimum atomic E-state index is 0.505. The van der Waals surface area contributed by atoms with Gasteiger partial charge in [-0.3, -0.25) is 0 Å². The summed E-state index contributed by atoms with van der Waals surface area (Å²) in [6.07, 6.45) is 0.933. The number of hydrogen-bond donors (Lipinski definition) is 2. The van der Waals surface area contributed by atoms with E-state index >= 15 is 0 Å². The topological polar surface area (TPSA) is 64.1 Å². The van der Waals surface area contributed by atoms with E-state index in [1.807, 2.05) is 49.4 Å². The molecule has 0 atom stereocenters. The van der Waals surface area contributed by atoms with Crippen molar-refractivity contribution in [2.24, 2.45) is 0 Å². The lowest BCUT2D eigenvalue weighted by Gasteiger charge is -2.16. The predicted molar refractivity (Wildman–Crippen MR) is 117 cm³/mol. The Hall–Kier alpha value is -2.32. The van der Waals surface area contributed by atoms with Crippen LogP contribution in [0.3, 0.4) is 0 Å². The SMILES string of the molecule is CCCOc1c(Br)cc(CNn2c(-c3ccccc3)n[nH]c2=S)cc1OCC. The van der Waals surface area contributed by atoms with Gasteiger partial charge in [0, 0.05) is 5.56 Å². The van der Waals surface area contributed by atoms with Crippen LogP contribution in [0.25, 0.3) is 11.4 Å².